The number of carbonyl (C=O) groups is 1. The van der Waals surface area contributed by atoms with Crippen LogP contribution in [0, 0.1) is 0 Å². The van der Waals surface area contributed by atoms with Crippen LogP contribution in [-0.4, -0.2) is 17.4 Å². The monoisotopic (exact) mass is 268 g/mol. The van der Waals surface area contributed by atoms with E-state index in [1.165, 1.54) is 5.56 Å². The van der Waals surface area contributed by atoms with E-state index >= 15 is 0 Å². The summed E-state index contributed by atoms with van der Waals surface area (Å²) in [7, 11) is 0. The first-order chi connectivity index (χ1) is 9.81. The number of aryl methyl sites for hydroxylation is 1. The summed E-state index contributed by atoms with van der Waals surface area (Å²) in [5.74, 6) is 5.39. The highest BCUT2D eigenvalue weighted by Gasteiger charge is 2.24. The molecular formula is C15H16N4O. The Morgan fingerprint density at radius 3 is 3.00 bits per heavy atom. The molecule has 0 atom stereocenters. The van der Waals surface area contributed by atoms with Crippen molar-refractivity contribution in [3.05, 3.63) is 53.9 Å². The van der Waals surface area contributed by atoms with E-state index in [-0.39, 0.29) is 5.91 Å². The van der Waals surface area contributed by atoms with E-state index in [0.717, 1.165) is 25.1 Å². The van der Waals surface area contributed by atoms with Crippen LogP contribution in [0.5, 0.6) is 0 Å². The lowest BCUT2D eigenvalue weighted by Gasteiger charge is -2.29. The van der Waals surface area contributed by atoms with Crippen LogP contribution in [0.3, 0.4) is 0 Å². The van der Waals surface area contributed by atoms with Gasteiger partial charge in [0.2, 0.25) is 0 Å². The van der Waals surface area contributed by atoms with E-state index in [4.69, 9.17) is 5.84 Å². The minimum atomic E-state index is -0.0711. The molecule has 2 heterocycles. The Labute approximate surface area is 117 Å². The van der Waals surface area contributed by atoms with Gasteiger partial charge in [-0.1, -0.05) is 18.2 Å². The van der Waals surface area contributed by atoms with Gasteiger partial charge in [-0.3, -0.25) is 15.6 Å². The second-order valence-corrected chi connectivity index (χ2v) is 4.75. The molecule has 0 fully saturated rings. The average Bonchev–Trinajstić information content (AvgIpc) is 2.53. The number of anilines is 2. The predicted molar refractivity (Wildman–Crippen MR) is 78.5 cm³/mol. The van der Waals surface area contributed by atoms with Gasteiger partial charge in [-0.15, -0.1) is 0 Å². The molecule has 0 saturated heterocycles. The predicted octanol–water partition coefficient (Wildman–Crippen LogP) is 1.96. The molecule has 0 radical (unpaired) electrons. The van der Waals surface area contributed by atoms with Crippen LogP contribution in [0.2, 0.25) is 0 Å². The largest absolute Gasteiger partial charge is 0.323 e. The Balaban J connectivity index is 2.00. The van der Waals surface area contributed by atoms with Crippen molar-refractivity contribution in [2.24, 2.45) is 5.84 Å². The zero-order chi connectivity index (χ0) is 13.9. The maximum Gasteiger partial charge on any atom is 0.262 e. The Hall–Kier alpha value is -2.40. The third-order valence-corrected chi connectivity index (χ3v) is 3.56. The lowest BCUT2D eigenvalue weighted by Crippen LogP contribution is -2.36. The summed E-state index contributed by atoms with van der Waals surface area (Å²) < 4.78 is 0. The van der Waals surface area contributed by atoms with Gasteiger partial charge in [0.05, 0.1) is 11.3 Å². The first-order valence-electron chi connectivity index (χ1n) is 6.61. The van der Waals surface area contributed by atoms with Crippen molar-refractivity contribution in [1.29, 1.82) is 0 Å². The number of pyridine rings is 1. The third-order valence-electron chi connectivity index (χ3n) is 3.56. The third kappa shape index (κ3) is 2.12. The molecule has 2 aromatic rings. The molecule has 5 heteroatoms. The SMILES string of the molecule is NNc1ccncc1C(=O)N1CCCc2ccccc21. The van der Waals surface area contributed by atoms with Crippen molar-refractivity contribution in [2.45, 2.75) is 12.8 Å². The standard InChI is InChI=1S/C15H16N4O/c16-18-13-7-8-17-10-12(13)15(20)19-9-3-5-11-4-1-2-6-14(11)19/h1-2,4,6-8,10H,3,5,9,16H2,(H,17,18). The Morgan fingerprint density at radius 1 is 1.30 bits per heavy atom. The molecule has 1 aliphatic heterocycles. The zero-order valence-electron chi connectivity index (χ0n) is 11.0. The van der Waals surface area contributed by atoms with Crippen LogP contribution in [0.1, 0.15) is 22.3 Å². The van der Waals surface area contributed by atoms with Crippen LogP contribution in [0.4, 0.5) is 11.4 Å². The highest BCUT2D eigenvalue weighted by molar-refractivity contribution is 6.09. The number of nitrogens with zero attached hydrogens (tertiary/aromatic N) is 2. The fraction of sp³-hybridized carbons (Fsp3) is 0.200. The van der Waals surface area contributed by atoms with Gasteiger partial charge < -0.3 is 10.3 Å². The van der Waals surface area contributed by atoms with Crippen molar-refractivity contribution < 1.29 is 4.79 Å². The number of nitrogen functional groups attached to an aromatic ring is 1. The molecular weight excluding hydrogens is 252 g/mol. The summed E-state index contributed by atoms with van der Waals surface area (Å²) in [6, 6.07) is 9.71. The summed E-state index contributed by atoms with van der Waals surface area (Å²) in [6.45, 7) is 0.717. The first kappa shape index (κ1) is 12.6. The maximum atomic E-state index is 12.7. The highest BCUT2D eigenvalue weighted by Crippen LogP contribution is 2.29. The fourth-order valence-electron chi connectivity index (χ4n) is 2.58. The topological polar surface area (TPSA) is 71.2 Å². The molecule has 3 N–H and O–H groups in total. The van der Waals surface area contributed by atoms with Gasteiger partial charge in [0.1, 0.15) is 0 Å². The van der Waals surface area contributed by atoms with E-state index in [0.29, 0.717) is 11.3 Å². The number of hydrogen-bond acceptors (Lipinski definition) is 4. The van der Waals surface area contributed by atoms with Gasteiger partial charge in [-0.2, -0.15) is 0 Å². The number of hydrogen-bond donors (Lipinski definition) is 2. The summed E-state index contributed by atoms with van der Waals surface area (Å²) in [5, 5.41) is 0. The van der Waals surface area contributed by atoms with Crippen molar-refractivity contribution in [3.8, 4) is 0 Å². The summed E-state index contributed by atoms with van der Waals surface area (Å²) in [4.78, 5) is 18.6. The molecule has 102 valence electrons. The number of nitrogens with one attached hydrogen (secondary N) is 1. The summed E-state index contributed by atoms with van der Waals surface area (Å²) in [5.41, 5.74) is 5.82. The van der Waals surface area contributed by atoms with Crippen molar-refractivity contribution >= 4 is 17.3 Å². The van der Waals surface area contributed by atoms with Gasteiger partial charge in [0.15, 0.2) is 0 Å². The summed E-state index contributed by atoms with van der Waals surface area (Å²) in [6.07, 6.45) is 5.13. The van der Waals surface area contributed by atoms with Crippen LogP contribution in [0.25, 0.3) is 0 Å². The lowest BCUT2D eigenvalue weighted by molar-refractivity contribution is 0.0985. The molecule has 0 bridgehead atoms. The second kappa shape index (κ2) is 5.30. The van der Waals surface area contributed by atoms with E-state index in [1.54, 1.807) is 23.4 Å². The minimum absolute atomic E-state index is 0.0711. The van der Waals surface area contributed by atoms with E-state index in [9.17, 15) is 4.79 Å². The normalized spacial score (nSPS) is 13.8. The zero-order valence-corrected chi connectivity index (χ0v) is 11.0. The molecule has 1 amide bonds. The molecule has 1 aliphatic rings. The van der Waals surface area contributed by atoms with E-state index in [1.807, 2.05) is 18.2 Å². The number of amides is 1. The van der Waals surface area contributed by atoms with Crippen molar-refractivity contribution in [1.82, 2.24) is 4.98 Å². The quantitative estimate of drug-likeness (QED) is 0.645. The summed E-state index contributed by atoms with van der Waals surface area (Å²) >= 11 is 0. The maximum absolute atomic E-state index is 12.7. The number of fused-ring (bicyclic) bond motifs is 1. The fourth-order valence-corrected chi connectivity index (χ4v) is 2.58. The van der Waals surface area contributed by atoms with Crippen molar-refractivity contribution in [2.75, 3.05) is 16.9 Å². The Morgan fingerprint density at radius 2 is 2.15 bits per heavy atom. The van der Waals surface area contributed by atoms with Crippen LogP contribution in [0.15, 0.2) is 42.7 Å². The molecule has 3 rings (SSSR count). The Bertz CT molecular complexity index is 641. The van der Waals surface area contributed by atoms with E-state index < -0.39 is 0 Å². The van der Waals surface area contributed by atoms with Gasteiger partial charge in [-0.25, -0.2) is 0 Å². The van der Waals surface area contributed by atoms with Gasteiger partial charge in [0, 0.05) is 24.6 Å². The van der Waals surface area contributed by atoms with Crippen LogP contribution in [-0.2, 0) is 6.42 Å². The van der Waals surface area contributed by atoms with Crippen LogP contribution >= 0.6 is 0 Å². The number of aromatic nitrogens is 1. The van der Waals surface area contributed by atoms with Gasteiger partial charge >= 0.3 is 0 Å². The number of carbonyl (C=O) groups excluding carboxylic acids is 1. The molecule has 0 saturated carbocycles. The Kier molecular flexibility index (Phi) is 3.35. The van der Waals surface area contributed by atoms with Crippen LogP contribution < -0.4 is 16.2 Å². The molecule has 1 aromatic heterocycles. The smallest absolute Gasteiger partial charge is 0.262 e. The molecule has 0 unspecified atom stereocenters. The molecule has 1 aromatic carbocycles. The molecule has 20 heavy (non-hydrogen) atoms. The molecule has 5 nitrogen and oxygen atoms in total. The van der Waals surface area contributed by atoms with Crippen molar-refractivity contribution in [3.63, 3.8) is 0 Å². The number of hydrazine groups is 1. The average molecular weight is 268 g/mol. The number of para-hydroxylation sites is 1. The minimum Gasteiger partial charge on any atom is -0.323 e. The highest BCUT2D eigenvalue weighted by atomic mass is 16.2. The molecule has 0 spiro atoms. The number of rotatable bonds is 2. The van der Waals surface area contributed by atoms with E-state index in [2.05, 4.69) is 16.5 Å². The number of nitrogens with two attached hydrogens (primary N) is 1. The lowest BCUT2D eigenvalue weighted by atomic mass is 10.0. The molecule has 0 aliphatic carbocycles. The number of benzene rings is 1. The van der Waals surface area contributed by atoms with Gasteiger partial charge in [0.25, 0.3) is 5.91 Å². The first-order valence-corrected chi connectivity index (χ1v) is 6.61. The second-order valence-electron chi connectivity index (χ2n) is 4.75. The van der Waals surface area contributed by atoms with Gasteiger partial charge in [-0.05, 0) is 30.5 Å².